The van der Waals surface area contributed by atoms with E-state index in [0.717, 1.165) is 26.3 Å². The molecule has 0 saturated carbocycles. The summed E-state index contributed by atoms with van der Waals surface area (Å²) in [6.07, 6.45) is 3.65. The van der Waals surface area contributed by atoms with E-state index in [1.54, 1.807) is 0 Å². The molecule has 1 aromatic heterocycles. The third kappa shape index (κ3) is 2.58. The Balaban J connectivity index is 2.16. The van der Waals surface area contributed by atoms with Gasteiger partial charge < -0.3 is 10.5 Å². The third-order valence-electron chi connectivity index (χ3n) is 2.98. The van der Waals surface area contributed by atoms with Gasteiger partial charge in [-0.25, -0.2) is 0 Å². The van der Waals surface area contributed by atoms with Crippen LogP contribution in [0.3, 0.4) is 0 Å². The number of rotatable bonds is 3. The zero-order chi connectivity index (χ0) is 11.4. The molecule has 0 aliphatic carbocycles. The van der Waals surface area contributed by atoms with Crippen molar-refractivity contribution in [2.45, 2.75) is 19.0 Å². The van der Waals surface area contributed by atoms with Crippen LogP contribution in [0.4, 0.5) is 0 Å². The first-order valence-corrected chi connectivity index (χ1v) is 5.76. The van der Waals surface area contributed by atoms with Gasteiger partial charge in [0, 0.05) is 37.6 Å². The Morgan fingerprint density at radius 3 is 2.50 bits per heavy atom. The van der Waals surface area contributed by atoms with E-state index in [1.807, 2.05) is 24.5 Å². The zero-order valence-electron chi connectivity index (χ0n) is 9.67. The molecule has 1 aliphatic rings. The molecule has 2 atom stereocenters. The monoisotopic (exact) mass is 221 g/mol. The standard InChI is InChI=1S/C12H19N3O/c1-10(13)12(11-2-4-14-5-3-11)15-6-8-16-9-7-15/h2-5,10,12H,6-9,13H2,1H3. The second-order valence-corrected chi connectivity index (χ2v) is 4.23. The molecule has 2 unspecified atom stereocenters. The highest BCUT2D eigenvalue weighted by Gasteiger charge is 2.25. The smallest absolute Gasteiger partial charge is 0.0594 e. The molecular weight excluding hydrogens is 202 g/mol. The van der Waals surface area contributed by atoms with Crippen LogP contribution in [0.5, 0.6) is 0 Å². The van der Waals surface area contributed by atoms with Gasteiger partial charge in [-0.05, 0) is 24.6 Å². The van der Waals surface area contributed by atoms with Crippen LogP contribution in [0, 0.1) is 0 Å². The fraction of sp³-hybridized carbons (Fsp3) is 0.583. The minimum atomic E-state index is 0.112. The molecule has 0 bridgehead atoms. The topological polar surface area (TPSA) is 51.4 Å². The fourth-order valence-electron chi connectivity index (χ4n) is 2.26. The summed E-state index contributed by atoms with van der Waals surface area (Å²) in [4.78, 5) is 6.44. The van der Waals surface area contributed by atoms with E-state index in [4.69, 9.17) is 10.5 Å². The highest BCUT2D eigenvalue weighted by atomic mass is 16.5. The maximum absolute atomic E-state index is 6.10. The summed E-state index contributed by atoms with van der Waals surface area (Å²) < 4.78 is 5.37. The maximum Gasteiger partial charge on any atom is 0.0594 e. The van der Waals surface area contributed by atoms with Crippen molar-refractivity contribution in [1.29, 1.82) is 0 Å². The number of pyridine rings is 1. The quantitative estimate of drug-likeness (QED) is 0.820. The van der Waals surface area contributed by atoms with Crippen molar-refractivity contribution in [1.82, 2.24) is 9.88 Å². The van der Waals surface area contributed by atoms with E-state index >= 15 is 0 Å². The van der Waals surface area contributed by atoms with Gasteiger partial charge in [0.2, 0.25) is 0 Å². The molecule has 0 aromatic carbocycles. The molecule has 1 saturated heterocycles. The first kappa shape index (κ1) is 11.5. The average molecular weight is 221 g/mol. The van der Waals surface area contributed by atoms with Gasteiger partial charge in [-0.2, -0.15) is 0 Å². The molecule has 4 heteroatoms. The van der Waals surface area contributed by atoms with E-state index < -0.39 is 0 Å². The van der Waals surface area contributed by atoms with Gasteiger partial charge in [0.1, 0.15) is 0 Å². The summed E-state index contributed by atoms with van der Waals surface area (Å²) in [5, 5.41) is 0. The van der Waals surface area contributed by atoms with Crippen molar-refractivity contribution in [2.75, 3.05) is 26.3 Å². The molecule has 0 spiro atoms. The van der Waals surface area contributed by atoms with E-state index in [1.165, 1.54) is 5.56 Å². The summed E-state index contributed by atoms with van der Waals surface area (Å²) in [5.41, 5.74) is 7.34. The van der Waals surface area contributed by atoms with Gasteiger partial charge in [0.15, 0.2) is 0 Å². The summed E-state index contributed by atoms with van der Waals surface area (Å²) in [6.45, 7) is 5.56. The normalized spacial score (nSPS) is 21.6. The lowest BCUT2D eigenvalue weighted by Gasteiger charge is -2.36. The lowest BCUT2D eigenvalue weighted by molar-refractivity contribution is 0.0116. The first-order chi connectivity index (χ1) is 7.79. The molecule has 0 amide bonds. The predicted molar refractivity (Wildman–Crippen MR) is 63.0 cm³/mol. The van der Waals surface area contributed by atoms with E-state index in [0.29, 0.717) is 0 Å². The second kappa shape index (κ2) is 5.39. The molecule has 88 valence electrons. The molecule has 1 aliphatic heterocycles. The number of hydrogen-bond acceptors (Lipinski definition) is 4. The van der Waals surface area contributed by atoms with Gasteiger partial charge in [-0.1, -0.05) is 0 Å². The predicted octanol–water partition coefficient (Wildman–Crippen LogP) is 0.802. The van der Waals surface area contributed by atoms with E-state index in [-0.39, 0.29) is 12.1 Å². The van der Waals surface area contributed by atoms with Crippen LogP contribution in [-0.2, 0) is 4.74 Å². The summed E-state index contributed by atoms with van der Waals surface area (Å²) in [5.74, 6) is 0. The van der Waals surface area contributed by atoms with Crippen molar-refractivity contribution in [2.24, 2.45) is 5.73 Å². The molecule has 2 N–H and O–H groups in total. The Kier molecular flexibility index (Phi) is 3.88. The Hall–Kier alpha value is -0.970. The largest absolute Gasteiger partial charge is 0.379 e. The minimum absolute atomic E-state index is 0.112. The lowest BCUT2D eigenvalue weighted by atomic mass is 10.00. The Morgan fingerprint density at radius 2 is 1.94 bits per heavy atom. The Morgan fingerprint density at radius 1 is 1.31 bits per heavy atom. The number of hydrogen-bond donors (Lipinski definition) is 1. The second-order valence-electron chi connectivity index (χ2n) is 4.23. The van der Waals surface area contributed by atoms with E-state index in [9.17, 15) is 0 Å². The average Bonchev–Trinajstić information content (AvgIpc) is 2.31. The first-order valence-electron chi connectivity index (χ1n) is 5.76. The van der Waals surface area contributed by atoms with Gasteiger partial charge >= 0.3 is 0 Å². The van der Waals surface area contributed by atoms with Crippen LogP contribution in [0.15, 0.2) is 24.5 Å². The van der Waals surface area contributed by atoms with Gasteiger partial charge in [-0.3, -0.25) is 9.88 Å². The molecule has 16 heavy (non-hydrogen) atoms. The molecular formula is C12H19N3O. The van der Waals surface area contributed by atoms with Crippen LogP contribution in [0.1, 0.15) is 18.5 Å². The summed E-state index contributed by atoms with van der Waals surface area (Å²) >= 11 is 0. The number of ether oxygens (including phenoxy) is 1. The summed E-state index contributed by atoms with van der Waals surface area (Å²) in [6, 6.07) is 4.47. The zero-order valence-corrected chi connectivity index (χ0v) is 9.67. The van der Waals surface area contributed by atoms with Crippen LogP contribution in [0.2, 0.25) is 0 Å². The van der Waals surface area contributed by atoms with Gasteiger partial charge in [0.25, 0.3) is 0 Å². The highest BCUT2D eigenvalue weighted by Crippen LogP contribution is 2.23. The number of nitrogens with zero attached hydrogens (tertiary/aromatic N) is 2. The molecule has 0 radical (unpaired) electrons. The molecule has 2 rings (SSSR count). The van der Waals surface area contributed by atoms with Crippen molar-refractivity contribution in [3.63, 3.8) is 0 Å². The van der Waals surface area contributed by atoms with Crippen LogP contribution >= 0.6 is 0 Å². The lowest BCUT2D eigenvalue weighted by Crippen LogP contribution is -2.45. The van der Waals surface area contributed by atoms with Crippen LogP contribution in [-0.4, -0.2) is 42.2 Å². The van der Waals surface area contributed by atoms with Gasteiger partial charge in [0.05, 0.1) is 13.2 Å². The Bertz CT molecular complexity index is 309. The highest BCUT2D eigenvalue weighted by molar-refractivity contribution is 5.17. The van der Waals surface area contributed by atoms with Crippen LogP contribution in [0.25, 0.3) is 0 Å². The van der Waals surface area contributed by atoms with Crippen molar-refractivity contribution in [3.05, 3.63) is 30.1 Å². The molecule has 2 heterocycles. The molecule has 1 fully saturated rings. The van der Waals surface area contributed by atoms with Crippen molar-refractivity contribution < 1.29 is 4.74 Å². The summed E-state index contributed by atoms with van der Waals surface area (Å²) in [7, 11) is 0. The van der Waals surface area contributed by atoms with Gasteiger partial charge in [-0.15, -0.1) is 0 Å². The number of morpholine rings is 1. The van der Waals surface area contributed by atoms with Crippen molar-refractivity contribution in [3.8, 4) is 0 Å². The van der Waals surface area contributed by atoms with E-state index in [2.05, 4.69) is 16.8 Å². The third-order valence-corrected chi connectivity index (χ3v) is 2.98. The number of aromatic nitrogens is 1. The molecule has 1 aromatic rings. The number of nitrogens with two attached hydrogens (primary N) is 1. The SMILES string of the molecule is CC(N)C(c1ccncc1)N1CCOCC1. The minimum Gasteiger partial charge on any atom is -0.379 e. The Labute approximate surface area is 96.4 Å². The molecule has 4 nitrogen and oxygen atoms in total. The maximum atomic E-state index is 6.10. The van der Waals surface area contributed by atoms with Crippen LogP contribution < -0.4 is 5.73 Å². The fourth-order valence-corrected chi connectivity index (χ4v) is 2.26. The van der Waals surface area contributed by atoms with Crippen molar-refractivity contribution >= 4 is 0 Å².